The zero-order chi connectivity index (χ0) is 12.8. The van der Waals surface area contributed by atoms with E-state index >= 15 is 0 Å². The van der Waals surface area contributed by atoms with Crippen molar-refractivity contribution in [2.24, 2.45) is 0 Å². The van der Waals surface area contributed by atoms with E-state index in [-0.39, 0.29) is 0 Å². The highest BCUT2D eigenvalue weighted by Crippen LogP contribution is 2.41. The van der Waals surface area contributed by atoms with Crippen LogP contribution >= 0.6 is 0 Å². The molecule has 2 aromatic carbocycles. The van der Waals surface area contributed by atoms with E-state index in [2.05, 4.69) is 30.4 Å². The Morgan fingerprint density at radius 2 is 1.89 bits per heavy atom. The van der Waals surface area contributed by atoms with Gasteiger partial charge in [-0.1, -0.05) is 42.0 Å². The molecule has 0 heterocycles. The van der Waals surface area contributed by atoms with E-state index in [1.807, 2.05) is 12.1 Å². The fraction of sp³-hybridized carbons (Fsp3) is 0.222. The van der Waals surface area contributed by atoms with Crippen molar-refractivity contribution in [3.05, 3.63) is 59.2 Å². The molecule has 2 aliphatic carbocycles. The maximum Gasteiger partial charge on any atom is 0.0396 e. The molecule has 1 heteroatoms. The molecule has 0 bridgehead atoms. The highest BCUT2D eigenvalue weighted by molar-refractivity contribution is 6.00. The van der Waals surface area contributed by atoms with Crippen molar-refractivity contribution in [1.29, 1.82) is 0 Å². The monoisotopic (exact) mass is 247 g/mol. The van der Waals surface area contributed by atoms with Gasteiger partial charge >= 0.3 is 0 Å². The van der Waals surface area contributed by atoms with Gasteiger partial charge in [0, 0.05) is 11.1 Å². The van der Waals surface area contributed by atoms with Crippen molar-refractivity contribution in [3.63, 3.8) is 0 Å². The summed E-state index contributed by atoms with van der Waals surface area (Å²) >= 11 is 0. The second-order valence-electron chi connectivity index (χ2n) is 5.50. The minimum Gasteiger partial charge on any atom is -0.398 e. The van der Waals surface area contributed by atoms with Crippen LogP contribution in [0, 0.1) is 0 Å². The van der Waals surface area contributed by atoms with Crippen LogP contribution in [0.1, 0.15) is 30.4 Å². The molecule has 0 atom stereocenters. The molecule has 0 saturated carbocycles. The third-order valence-electron chi connectivity index (χ3n) is 4.43. The van der Waals surface area contributed by atoms with Crippen molar-refractivity contribution >= 4 is 22.0 Å². The summed E-state index contributed by atoms with van der Waals surface area (Å²) < 4.78 is 0. The molecule has 0 aliphatic heterocycles. The fourth-order valence-corrected chi connectivity index (χ4v) is 3.52. The Hall–Kier alpha value is -2.02. The molecule has 1 nitrogen and oxygen atoms in total. The van der Waals surface area contributed by atoms with E-state index in [9.17, 15) is 0 Å². The van der Waals surface area contributed by atoms with Crippen molar-refractivity contribution in [1.82, 2.24) is 0 Å². The number of anilines is 1. The Bertz CT molecular complexity index is 735. The zero-order valence-corrected chi connectivity index (χ0v) is 10.9. The van der Waals surface area contributed by atoms with E-state index in [1.165, 1.54) is 46.7 Å². The Morgan fingerprint density at radius 3 is 2.84 bits per heavy atom. The number of hydrogen-bond donors (Lipinski definition) is 1. The summed E-state index contributed by atoms with van der Waals surface area (Å²) in [5.41, 5.74) is 13.1. The van der Waals surface area contributed by atoms with Crippen molar-refractivity contribution in [3.8, 4) is 0 Å². The zero-order valence-electron chi connectivity index (χ0n) is 10.9. The van der Waals surface area contributed by atoms with Crippen LogP contribution in [0.2, 0.25) is 0 Å². The normalized spacial score (nSPS) is 17.5. The molecular weight excluding hydrogens is 230 g/mol. The minimum absolute atomic E-state index is 0.915. The standard InChI is InChI=1S/C18H17N/c19-17-7-3-5-13-9-10-15-14-6-2-1-4-12(14)8-11-16(15)18(13)17/h2-3,5-7,9-10H,1,4,8,11,19H2. The van der Waals surface area contributed by atoms with E-state index in [4.69, 9.17) is 5.73 Å². The Kier molecular flexibility index (Phi) is 2.28. The summed E-state index contributed by atoms with van der Waals surface area (Å²) in [4.78, 5) is 0. The van der Waals surface area contributed by atoms with E-state index < -0.39 is 0 Å². The van der Waals surface area contributed by atoms with E-state index in [0.717, 1.165) is 12.1 Å². The van der Waals surface area contributed by atoms with Gasteiger partial charge < -0.3 is 5.73 Å². The number of hydrogen-bond acceptors (Lipinski definition) is 1. The maximum absolute atomic E-state index is 6.21. The molecule has 0 radical (unpaired) electrons. The smallest absolute Gasteiger partial charge is 0.0396 e. The van der Waals surface area contributed by atoms with Crippen molar-refractivity contribution in [2.75, 3.05) is 5.73 Å². The molecule has 0 aromatic heterocycles. The number of rotatable bonds is 0. The van der Waals surface area contributed by atoms with Crippen LogP contribution in [0.5, 0.6) is 0 Å². The Balaban J connectivity index is 2.06. The van der Waals surface area contributed by atoms with Gasteiger partial charge in [0.05, 0.1) is 0 Å². The number of benzene rings is 2. The quantitative estimate of drug-likeness (QED) is 0.683. The number of allylic oxidation sites excluding steroid dienone is 4. The molecule has 19 heavy (non-hydrogen) atoms. The second-order valence-corrected chi connectivity index (χ2v) is 5.50. The number of nitrogen functional groups attached to an aromatic ring is 1. The first kappa shape index (κ1) is 10.9. The summed E-state index contributed by atoms with van der Waals surface area (Å²) in [6.07, 6.45) is 9.36. The molecule has 0 amide bonds. The van der Waals surface area contributed by atoms with Crippen LogP contribution in [-0.4, -0.2) is 0 Å². The summed E-state index contributed by atoms with van der Waals surface area (Å²) in [5.74, 6) is 0. The van der Waals surface area contributed by atoms with Gasteiger partial charge in [-0.15, -0.1) is 0 Å². The number of aryl methyl sites for hydroxylation is 1. The average molecular weight is 247 g/mol. The maximum atomic E-state index is 6.21. The van der Waals surface area contributed by atoms with Gasteiger partial charge in [0.25, 0.3) is 0 Å². The molecule has 0 spiro atoms. The fourth-order valence-electron chi connectivity index (χ4n) is 3.52. The summed E-state index contributed by atoms with van der Waals surface area (Å²) in [6, 6.07) is 10.7. The van der Waals surface area contributed by atoms with Crippen LogP contribution in [0.4, 0.5) is 5.69 Å². The Morgan fingerprint density at radius 1 is 0.947 bits per heavy atom. The van der Waals surface area contributed by atoms with Crippen LogP contribution in [0.25, 0.3) is 16.3 Å². The van der Waals surface area contributed by atoms with Crippen LogP contribution in [-0.2, 0) is 6.42 Å². The lowest BCUT2D eigenvalue weighted by Crippen LogP contribution is -2.07. The topological polar surface area (TPSA) is 26.0 Å². The molecule has 0 unspecified atom stereocenters. The van der Waals surface area contributed by atoms with Crippen molar-refractivity contribution < 1.29 is 0 Å². The van der Waals surface area contributed by atoms with E-state index in [1.54, 1.807) is 5.57 Å². The summed E-state index contributed by atoms with van der Waals surface area (Å²) in [5, 5.41) is 2.54. The molecule has 2 N–H and O–H groups in total. The van der Waals surface area contributed by atoms with Gasteiger partial charge in [0.15, 0.2) is 0 Å². The predicted octanol–water partition coefficient (Wildman–Crippen LogP) is 4.47. The third-order valence-corrected chi connectivity index (χ3v) is 4.43. The molecule has 0 fully saturated rings. The predicted molar refractivity (Wildman–Crippen MR) is 82.0 cm³/mol. The van der Waals surface area contributed by atoms with Crippen LogP contribution < -0.4 is 5.73 Å². The molecule has 0 saturated heterocycles. The first-order valence-corrected chi connectivity index (χ1v) is 7.03. The highest BCUT2D eigenvalue weighted by atomic mass is 14.6. The molecular formula is C18H17N. The summed E-state index contributed by atoms with van der Waals surface area (Å²) in [7, 11) is 0. The largest absolute Gasteiger partial charge is 0.398 e. The number of fused-ring (bicyclic) bond motifs is 4. The second kappa shape index (κ2) is 3.99. The van der Waals surface area contributed by atoms with E-state index in [0.29, 0.717) is 0 Å². The lowest BCUT2D eigenvalue weighted by atomic mass is 9.79. The van der Waals surface area contributed by atoms with Crippen LogP contribution in [0.15, 0.2) is 48.1 Å². The van der Waals surface area contributed by atoms with Gasteiger partial charge in [0.2, 0.25) is 0 Å². The Labute approximate surface area is 113 Å². The van der Waals surface area contributed by atoms with Gasteiger partial charge in [-0.3, -0.25) is 0 Å². The lowest BCUT2D eigenvalue weighted by molar-refractivity contribution is 0.831. The number of nitrogens with two attached hydrogens (primary N) is 1. The van der Waals surface area contributed by atoms with Gasteiger partial charge in [-0.05, 0) is 53.8 Å². The molecule has 94 valence electrons. The third kappa shape index (κ3) is 1.54. The SMILES string of the molecule is Nc1cccc2ccc3c(c12)CCC1=C3C=CCC1. The molecule has 4 rings (SSSR count). The highest BCUT2D eigenvalue weighted by Gasteiger charge is 2.21. The van der Waals surface area contributed by atoms with Gasteiger partial charge in [-0.25, -0.2) is 0 Å². The molecule has 2 aliphatic rings. The van der Waals surface area contributed by atoms with Crippen molar-refractivity contribution in [2.45, 2.75) is 25.7 Å². The lowest BCUT2D eigenvalue weighted by Gasteiger charge is -2.25. The molecule has 2 aromatic rings. The van der Waals surface area contributed by atoms with Gasteiger partial charge in [-0.2, -0.15) is 0 Å². The first-order valence-electron chi connectivity index (χ1n) is 7.03. The minimum atomic E-state index is 0.915. The van der Waals surface area contributed by atoms with Gasteiger partial charge in [0.1, 0.15) is 0 Å². The summed E-state index contributed by atoms with van der Waals surface area (Å²) in [6.45, 7) is 0. The van der Waals surface area contributed by atoms with Crippen LogP contribution in [0.3, 0.4) is 0 Å². The average Bonchev–Trinajstić information content (AvgIpc) is 2.46. The first-order chi connectivity index (χ1) is 9.34.